The molecule has 1 rings (SSSR count). The van der Waals surface area contributed by atoms with Gasteiger partial charge in [0.2, 0.25) is 0 Å². The van der Waals surface area contributed by atoms with Gasteiger partial charge in [0.25, 0.3) is 0 Å². The van der Waals surface area contributed by atoms with Gasteiger partial charge in [0.15, 0.2) is 0 Å². The van der Waals surface area contributed by atoms with E-state index >= 15 is 0 Å². The van der Waals surface area contributed by atoms with Gasteiger partial charge in [-0.3, -0.25) is 0 Å². The summed E-state index contributed by atoms with van der Waals surface area (Å²) in [5.41, 5.74) is 0.713. The highest BCUT2D eigenvalue weighted by molar-refractivity contribution is 7.24. The Hall–Kier alpha value is 0.165. The van der Waals surface area contributed by atoms with Crippen molar-refractivity contribution >= 4 is 32.8 Å². The molecule has 0 aromatic carbocycles. The average molecular weight is 272 g/mol. The monoisotopic (exact) mass is 272 g/mol. The molecule has 0 spiro atoms. The highest BCUT2D eigenvalue weighted by Gasteiger charge is 2.53. The van der Waals surface area contributed by atoms with Crippen LogP contribution in [-0.4, -0.2) is 34.0 Å². The molecule has 6 radical (unpaired) electrons. The van der Waals surface area contributed by atoms with Gasteiger partial charge in [0.05, 0.1) is 13.6 Å². The molecule has 100 valence electrons. The van der Waals surface area contributed by atoms with E-state index in [1.54, 1.807) is 0 Å². The Morgan fingerprint density at radius 2 is 1.58 bits per heavy atom. The first-order valence-corrected chi connectivity index (χ1v) is 7.45. The molecule has 0 amide bonds. The first kappa shape index (κ1) is 17.2. The Kier molecular flexibility index (Phi) is 4.41. The molecule has 19 heavy (non-hydrogen) atoms. The summed E-state index contributed by atoms with van der Waals surface area (Å²) in [6.07, 6.45) is 2.06. The van der Waals surface area contributed by atoms with E-state index in [1.165, 1.54) is 0 Å². The van der Waals surface area contributed by atoms with Gasteiger partial charge in [-0.25, -0.2) is 0 Å². The van der Waals surface area contributed by atoms with E-state index in [0.29, 0.717) is 0 Å². The minimum absolute atomic E-state index is 0.126. The summed E-state index contributed by atoms with van der Waals surface area (Å²) >= 11 is 0. The van der Waals surface area contributed by atoms with Crippen molar-refractivity contribution in [3.8, 4) is 0 Å². The van der Waals surface area contributed by atoms with Crippen LogP contribution in [0.4, 0.5) is 0 Å². The smallest absolute Gasteiger partial charge is 0.117 e. The fraction of sp³-hybridized carbons (Fsp3) is 0.857. The molecule has 1 heterocycles. The lowest BCUT2D eigenvalue weighted by Crippen LogP contribution is -2.52. The first-order valence-electron chi connectivity index (χ1n) is 6.87. The lowest BCUT2D eigenvalue weighted by Gasteiger charge is -2.41. The van der Waals surface area contributed by atoms with Crippen molar-refractivity contribution in [2.24, 2.45) is 10.8 Å². The lowest BCUT2D eigenvalue weighted by atomic mass is 9.48. The van der Waals surface area contributed by atoms with E-state index in [4.69, 9.17) is 28.3 Å². The summed E-state index contributed by atoms with van der Waals surface area (Å²) in [6, 6.07) is 0. The van der Waals surface area contributed by atoms with Crippen molar-refractivity contribution < 1.29 is 4.74 Å². The number of rotatable bonds is 3. The molecule has 2 unspecified atom stereocenters. The molecule has 0 fully saturated rings. The Balaban J connectivity index is 3.46. The maximum atomic E-state index is 6.40. The quantitative estimate of drug-likeness (QED) is 0.567. The lowest BCUT2D eigenvalue weighted by molar-refractivity contribution is 0.112. The fourth-order valence-corrected chi connectivity index (χ4v) is 3.49. The molecule has 0 bridgehead atoms. The number of hydrogen-bond acceptors (Lipinski definition) is 1. The highest BCUT2D eigenvalue weighted by Crippen LogP contribution is 2.55. The standard InChI is InChI=1S/C14H24B3OP/c1-7-8-12(5,6)10-9(11(2,3)4)13(15,19)14(16,17)18-10/h7-8,19H2,1-6H3. The SMILES string of the molecule is [B]C1([B])OC(C(C)(C)CCC)=C(C(C)(C)C)C1([B])P. The third-order valence-corrected chi connectivity index (χ3v) is 4.54. The van der Waals surface area contributed by atoms with E-state index in [9.17, 15) is 0 Å². The summed E-state index contributed by atoms with van der Waals surface area (Å²) in [5.74, 6) is 0.851. The second-order valence-corrected chi connectivity index (χ2v) is 8.26. The van der Waals surface area contributed by atoms with E-state index in [-0.39, 0.29) is 10.8 Å². The van der Waals surface area contributed by atoms with Crippen LogP contribution in [0.25, 0.3) is 0 Å². The molecule has 1 nitrogen and oxygen atoms in total. The van der Waals surface area contributed by atoms with E-state index in [0.717, 1.165) is 24.2 Å². The molecule has 0 saturated heterocycles. The molecule has 0 aromatic rings. The molecular weight excluding hydrogens is 248 g/mol. The van der Waals surface area contributed by atoms with Gasteiger partial charge in [-0.2, -0.15) is 0 Å². The van der Waals surface area contributed by atoms with Gasteiger partial charge in [-0.15, -0.1) is 9.24 Å². The third kappa shape index (κ3) is 2.94. The molecule has 0 aromatic heterocycles. The van der Waals surface area contributed by atoms with Crippen molar-refractivity contribution in [3.05, 3.63) is 11.3 Å². The van der Waals surface area contributed by atoms with Crippen LogP contribution >= 0.6 is 9.24 Å². The van der Waals surface area contributed by atoms with Crippen LogP contribution in [0.15, 0.2) is 11.3 Å². The number of hydrogen-bond donors (Lipinski definition) is 0. The van der Waals surface area contributed by atoms with Crippen molar-refractivity contribution in [1.29, 1.82) is 0 Å². The second-order valence-electron chi connectivity index (χ2n) is 7.35. The summed E-state index contributed by atoms with van der Waals surface area (Å²) in [5, 5.41) is -2.34. The van der Waals surface area contributed by atoms with Crippen LogP contribution in [0.3, 0.4) is 0 Å². The second kappa shape index (κ2) is 4.87. The van der Waals surface area contributed by atoms with Crippen LogP contribution in [-0.2, 0) is 4.74 Å². The molecule has 0 aliphatic carbocycles. The van der Waals surface area contributed by atoms with Crippen molar-refractivity contribution in [2.45, 2.75) is 64.8 Å². The van der Waals surface area contributed by atoms with Crippen LogP contribution in [0.2, 0.25) is 0 Å². The maximum absolute atomic E-state index is 6.40. The Morgan fingerprint density at radius 3 is 1.95 bits per heavy atom. The molecule has 0 saturated carbocycles. The zero-order valence-corrected chi connectivity index (χ0v) is 14.3. The van der Waals surface area contributed by atoms with Crippen molar-refractivity contribution in [3.63, 3.8) is 0 Å². The first-order chi connectivity index (χ1) is 8.27. The van der Waals surface area contributed by atoms with Gasteiger partial charge >= 0.3 is 0 Å². The fourth-order valence-electron chi connectivity index (χ4n) is 2.86. The zero-order valence-electron chi connectivity index (χ0n) is 13.1. The Labute approximate surface area is 125 Å². The van der Waals surface area contributed by atoms with Crippen molar-refractivity contribution in [1.82, 2.24) is 0 Å². The minimum atomic E-state index is -1.39. The van der Waals surface area contributed by atoms with E-state index in [1.807, 2.05) is 0 Å². The van der Waals surface area contributed by atoms with Gasteiger partial charge in [0, 0.05) is 10.8 Å². The summed E-state index contributed by atoms with van der Waals surface area (Å²) < 4.78 is 5.91. The van der Waals surface area contributed by atoms with Gasteiger partial charge < -0.3 is 4.74 Å². The molecule has 1 aliphatic heterocycles. The molecule has 1 aliphatic rings. The zero-order chi connectivity index (χ0) is 15.3. The van der Waals surface area contributed by atoms with Crippen LogP contribution < -0.4 is 0 Å². The number of allylic oxidation sites excluding steroid dienone is 1. The molecular formula is C14H24B3OP. The van der Waals surface area contributed by atoms with Gasteiger partial charge in [0.1, 0.15) is 15.7 Å². The van der Waals surface area contributed by atoms with Crippen molar-refractivity contribution in [2.75, 3.05) is 0 Å². The number of ether oxygens (including phenoxy) is 1. The molecule has 0 N–H and O–H groups in total. The van der Waals surface area contributed by atoms with Crippen LogP contribution in [0, 0.1) is 10.8 Å². The summed E-state index contributed by atoms with van der Waals surface area (Å²) in [6.45, 7) is 12.8. The minimum Gasteiger partial charge on any atom is -0.510 e. The summed E-state index contributed by atoms with van der Waals surface area (Å²) in [4.78, 5) is 0. The normalized spacial score (nSPS) is 27.5. The largest absolute Gasteiger partial charge is 0.510 e. The van der Waals surface area contributed by atoms with Crippen LogP contribution in [0.5, 0.6) is 0 Å². The van der Waals surface area contributed by atoms with Gasteiger partial charge in [-0.1, -0.05) is 48.0 Å². The summed E-state index contributed by atoms with van der Waals surface area (Å²) in [7, 11) is 21.2. The van der Waals surface area contributed by atoms with Crippen LogP contribution in [0.1, 0.15) is 54.4 Å². The van der Waals surface area contributed by atoms with E-state index < -0.39 is 10.5 Å². The maximum Gasteiger partial charge on any atom is 0.117 e. The topological polar surface area (TPSA) is 9.23 Å². The predicted octanol–water partition coefficient (Wildman–Crippen LogP) is 2.87. The predicted molar refractivity (Wildman–Crippen MR) is 88.7 cm³/mol. The Bertz CT molecular complexity index is 392. The molecule has 5 heteroatoms. The van der Waals surface area contributed by atoms with Gasteiger partial charge in [-0.05, 0) is 22.5 Å². The Morgan fingerprint density at radius 1 is 1.11 bits per heavy atom. The highest BCUT2D eigenvalue weighted by atomic mass is 31.0. The average Bonchev–Trinajstić information content (AvgIpc) is 2.32. The molecule has 2 atom stereocenters. The van der Waals surface area contributed by atoms with E-state index in [2.05, 4.69) is 50.8 Å². The third-order valence-electron chi connectivity index (χ3n) is 3.80.